The molecular formula is C22H35NO5. The minimum absolute atomic E-state index is 0.0131. The van der Waals surface area contributed by atoms with Gasteiger partial charge in [0, 0.05) is 17.4 Å². The third-order valence-electron chi connectivity index (χ3n) is 8.50. The van der Waals surface area contributed by atoms with Crippen molar-refractivity contribution in [3.05, 3.63) is 0 Å². The lowest BCUT2D eigenvalue weighted by atomic mass is 9.46. The summed E-state index contributed by atoms with van der Waals surface area (Å²) in [6, 6.07) is 0.215. The Morgan fingerprint density at radius 1 is 1.18 bits per heavy atom. The Labute approximate surface area is 167 Å². The van der Waals surface area contributed by atoms with Gasteiger partial charge in [-0.1, -0.05) is 33.1 Å². The van der Waals surface area contributed by atoms with Gasteiger partial charge in [0.2, 0.25) is 0 Å². The minimum atomic E-state index is -0.493. The highest BCUT2D eigenvalue weighted by molar-refractivity contribution is 5.72. The molecule has 0 unspecified atom stereocenters. The summed E-state index contributed by atoms with van der Waals surface area (Å²) in [5.41, 5.74) is -0.556. The van der Waals surface area contributed by atoms with E-state index >= 15 is 0 Å². The standard InChI is InChI=1S/C22H35NO5/c1-21-11-10-18(28-20(26)23-14-6-4-3-5-7-14)22(2,13-24)17(21)9-8-16-15(21)12-19(25)27-16/h14-18,24H,3-13H2,1-2H3,(H,23,26)/t15-,16-,17+,18-,21+,22+/m1/s1. The van der Waals surface area contributed by atoms with Crippen LogP contribution < -0.4 is 5.32 Å². The van der Waals surface area contributed by atoms with Gasteiger partial charge in [-0.25, -0.2) is 4.79 Å². The van der Waals surface area contributed by atoms with Crippen molar-refractivity contribution in [2.45, 2.75) is 96.3 Å². The van der Waals surface area contributed by atoms with Gasteiger partial charge >= 0.3 is 12.1 Å². The van der Waals surface area contributed by atoms with Gasteiger partial charge in [0.05, 0.1) is 13.0 Å². The smallest absolute Gasteiger partial charge is 0.407 e. The Balaban J connectivity index is 1.47. The average Bonchev–Trinajstić information content (AvgIpc) is 3.07. The topological polar surface area (TPSA) is 84.9 Å². The monoisotopic (exact) mass is 393 g/mol. The number of ether oxygens (including phenoxy) is 2. The molecule has 4 fully saturated rings. The number of esters is 1. The van der Waals surface area contributed by atoms with Crippen molar-refractivity contribution in [3.63, 3.8) is 0 Å². The molecule has 0 bridgehead atoms. The Hall–Kier alpha value is -1.30. The lowest BCUT2D eigenvalue weighted by molar-refractivity contribution is -0.175. The minimum Gasteiger partial charge on any atom is -0.462 e. The fourth-order valence-electron chi connectivity index (χ4n) is 6.87. The number of alkyl carbamates (subject to hydrolysis) is 1. The fraction of sp³-hybridized carbons (Fsp3) is 0.909. The molecule has 1 saturated heterocycles. The van der Waals surface area contributed by atoms with Gasteiger partial charge in [-0.2, -0.15) is 0 Å². The Kier molecular flexibility index (Phi) is 5.36. The molecule has 4 aliphatic rings. The molecule has 3 saturated carbocycles. The number of nitrogens with one attached hydrogen (secondary N) is 1. The zero-order valence-corrected chi connectivity index (χ0v) is 17.2. The van der Waals surface area contributed by atoms with E-state index in [1.807, 2.05) is 0 Å². The highest BCUT2D eigenvalue weighted by Crippen LogP contribution is 2.62. The molecule has 0 radical (unpaired) electrons. The third-order valence-corrected chi connectivity index (χ3v) is 8.50. The molecular weight excluding hydrogens is 358 g/mol. The van der Waals surface area contributed by atoms with E-state index in [4.69, 9.17) is 9.47 Å². The summed E-state index contributed by atoms with van der Waals surface area (Å²) < 4.78 is 11.5. The molecule has 0 aromatic rings. The number of carbonyl (C=O) groups excluding carboxylic acids is 2. The first-order valence-corrected chi connectivity index (χ1v) is 11.1. The van der Waals surface area contributed by atoms with E-state index in [0.29, 0.717) is 6.42 Å². The van der Waals surface area contributed by atoms with E-state index < -0.39 is 5.41 Å². The molecule has 28 heavy (non-hydrogen) atoms. The second kappa shape index (κ2) is 7.51. The molecule has 0 aromatic heterocycles. The summed E-state index contributed by atoms with van der Waals surface area (Å²) in [4.78, 5) is 24.5. The molecule has 4 rings (SSSR count). The Morgan fingerprint density at radius 3 is 2.64 bits per heavy atom. The van der Waals surface area contributed by atoms with Crippen molar-refractivity contribution in [1.29, 1.82) is 0 Å². The van der Waals surface area contributed by atoms with Gasteiger partial charge in [-0.3, -0.25) is 4.79 Å². The van der Waals surface area contributed by atoms with Crippen LogP contribution in [0.1, 0.15) is 78.1 Å². The number of aliphatic hydroxyl groups excluding tert-OH is 1. The van der Waals surface area contributed by atoms with Crippen molar-refractivity contribution in [1.82, 2.24) is 5.32 Å². The Bertz CT molecular complexity index is 618. The number of hydrogen-bond acceptors (Lipinski definition) is 5. The first-order valence-electron chi connectivity index (χ1n) is 11.1. The highest BCUT2D eigenvalue weighted by atomic mass is 16.6. The molecule has 0 aromatic carbocycles. The highest BCUT2D eigenvalue weighted by Gasteiger charge is 2.62. The zero-order valence-electron chi connectivity index (χ0n) is 17.2. The predicted octanol–water partition coefficient (Wildman–Crippen LogP) is 3.55. The lowest BCUT2D eigenvalue weighted by Crippen LogP contribution is -2.60. The van der Waals surface area contributed by atoms with Crippen LogP contribution in [0.3, 0.4) is 0 Å². The normalized spacial score (nSPS) is 43.6. The van der Waals surface area contributed by atoms with Gasteiger partial charge < -0.3 is 19.9 Å². The number of amides is 1. The number of fused-ring (bicyclic) bond motifs is 3. The molecule has 6 nitrogen and oxygen atoms in total. The first-order chi connectivity index (χ1) is 13.4. The molecule has 1 amide bonds. The quantitative estimate of drug-likeness (QED) is 0.716. The molecule has 0 spiro atoms. The first kappa shape index (κ1) is 20.0. The van der Waals surface area contributed by atoms with E-state index in [9.17, 15) is 14.7 Å². The maximum Gasteiger partial charge on any atom is 0.407 e. The van der Waals surface area contributed by atoms with Gasteiger partial charge in [-0.15, -0.1) is 0 Å². The largest absolute Gasteiger partial charge is 0.462 e. The van der Waals surface area contributed by atoms with Crippen molar-refractivity contribution < 1.29 is 24.2 Å². The van der Waals surface area contributed by atoms with Crippen molar-refractivity contribution >= 4 is 12.1 Å². The van der Waals surface area contributed by atoms with Crippen LogP contribution in [-0.2, 0) is 14.3 Å². The van der Waals surface area contributed by atoms with Crippen LogP contribution in [0.5, 0.6) is 0 Å². The number of hydrogen-bond donors (Lipinski definition) is 2. The number of carbonyl (C=O) groups is 2. The predicted molar refractivity (Wildman–Crippen MR) is 104 cm³/mol. The van der Waals surface area contributed by atoms with E-state index in [2.05, 4.69) is 19.2 Å². The maximum absolute atomic E-state index is 12.6. The maximum atomic E-state index is 12.6. The molecule has 158 valence electrons. The number of rotatable bonds is 3. The van der Waals surface area contributed by atoms with E-state index in [-0.39, 0.29) is 54.2 Å². The lowest BCUT2D eigenvalue weighted by Gasteiger charge is -2.59. The molecule has 1 aliphatic heterocycles. The van der Waals surface area contributed by atoms with Crippen LogP contribution >= 0.6 is 0 Å². The molecule has 6 heteroatoms. The van der Waals surface area contributed by atoms with Crippen LogP contribution in [0.15, 0.2) is 0 Å². The van der Waals surface area contributed by atoms with Crippen LogP contribution in [-0.4, -0.2) is 42.0 Å². The van der Waals surface area contributed by atoms with Gasteiger partial charge in [0.1, 0.15) is 12.2 Å². The summed E-state index contributed by atoms with van der Waals surface area (Å²) in [7, 11) is 0. The Morgan fingerprint density at radius 2 is 1.93 bits per heavy atom. The summed E-state index contributed by atoms with van der Waals surface area (Å²) in [5.74, 6) is 0.330. The van der Waals surface area contributed by atoms with Gasteiger partial charge in [0.25, 0.3) is 0 Å². The second-order valence-corrected chi connectivity index (χ2v) is 10.1. The van der Waals surface area contributed by atoms with Crippen LogP contribution in [0.4, 0.5) is 4.79 Å². The SMILES string of the molecule is C[C@]1(CO)[C@H]2CC[C@H]3OC(=O)C[C@H]3[C@]2(C)CC[C@H]1OC(=O)NC1CCCCC1. The van der Waals surface area contributed by atoms with E-state index in [0.717, 1.165) is 51.4 Å². The van der Waals surface area contributed by atoms with Crippen molar-refractivity contribution in [2.75, 3.05) is 6.61 Å². The average molecular weight is 394 g/mol. The summed E-state index contributed by atoms with van der Waals surface area (Å²) in [6.45, 7) is 4.30. The zero-order chi connectivity index (χ0) is 19.9. The van der Waals surface area contributed by atoms with E-state index in [1.165, 1.54) is 6.42 Å². The molecule has 3 aliphatic carbocycles. The van der Waals surface area contributed by atoms with Crippen molar-refractivity contribution in [2.24, 2.45) is 22.7 Å². The summed E-state index contributed by atoms with van der Waals surface area (Å²) >= 11 is 0. The van der Waals surface area contributed by atoms with Gasteiger partial charge in [-0.05, 0) is 49.9 Å². The second-order valence-electron chi connectivity index (χ2n) is 10.1. The van der Waals surface area contributed by atoms with Crippen LogP contribution in [0.2, 0.25) is 0 Å². The van der Waals surface area contributed by atoms with Gasteiger partial charge in [0.15, 0.2) is 0 Å². The summed E-state index contributed by atoms with van der Waals surface area (Å²) in [6.07, 6.45) is 8.82. The molecule has 6 atom stereocenters. The molecule has 1 heterocycles. The third kappa shape index (κ3) is 3.31. The number of aliphatic hydroxyl groups is 1. The van der Waals surface area contributed by atoms with Crippen LogP contribution in [0.25, 0.3) is 0 Å². The van der Waals surface area contributed by atoms with E-state index in [1.54, 1.807) is 0 Å². The van der Waals surface area contributed by atoms with Crippen molar-refractivity contribution in [3.8, 4) is 0 Å². The summed E-state index contributed by atoms with van der Waals surface area (Å²) in [5, 5.41) is 13.4. The fourth-order valence-corrected chi connectivity index (χ4v) is 6.87. The van der Waals surface area contributed by atoms with Crippen LogP contribution in [0, 0.1) is 22.7 Å². The molecule has 2 N–H and O–H groups in total.